The van der Waals surface area contributed by atoms with E-state index in [1.165, 1.54) is 19.2 Å². The number of nitrogens with one attached hydrogen (secondary N) is 3. The van der Waals surface area contributed by atoms with Crippen LogP contribution in [-0.2, 0) is 9.47 Å². The summed E-state index contributed by atoms with van der Waals surface area (Å²) in [4.78, 5) is 25.8. The van der Waals surface area contributed by atoms with Crippen LogP contribution in [0.4, 0.5) is 14.0 Å². The van der Waals surface area contributed by atoms with Gasteiger partial charge in [0.1, 0.15) is 5.82 Å². The summed E-state index contributed by atoms with van der Waals surface area (Å²) in [5.74, 6) is -0.315. The van der Waals surface area contributed by atoms with Crippen molar-refractivity contribution in [3.8, 4) is 0 Å². The minimum Gasteiger partial charge on any atom is -0.453 e. The van der Waals surface area contributed by atoms with Gasteiger partial charge in [0.15, 0.2) is 0 Å². The van der Waals surface area contributed by atoms with Crippen LogP contribution in [0.3, 0.4) is 0 Å². The highest BCUT2D eigenvalue weighted by molar-refractivity contribution is 5.74. The normalized spacial score (nSPS) is 18.2. The maximum absolute atomic E-state index is 13.9. The van der Waals surface area contributed by atoms with Gasteiger partial charge >= 0.3 is 12.1 Å². The van der Waals surface area contributed by atoms with Crippen LogP contribution >= 0.6 is 0 Å². The Kier molecular flexibility index (Phi) is 10.5. The lowest BCUT2D eigenvalue weighted by atomic mass is 9.88. The van der Waals surface area contributed by atoms with Gasteiger partial charge < -0.3 is 30.3 Å². The molecule has 3 atom stereocenters. The van der Waals surface area contributed by atoms with Gasteiger partial charge in [0.25, 0.3) is 0 Å². The number of ether oxygens (including phenoxy) is 2. The molecule has 1 unspecified atom stereocenters. The number of nitrogens with zero attached hydrogens (tertiary/aromatic N) is 1. The molecule has 1 saturated heterocycles. The molecule has 1 aromatic carbocycles. The first-order valence-electron chi connectivity index (χ1n) is 10.9. The van der Waals surface area contributed by atoms with Gasteiger partial charge in [0.05, 0.1) is 19.8 Å². The lowest BCUT2D eigenvalue weighted by Gasteiger charge is -2.37. The molecule has 2 rings (SSSR count). The Labute approximate surface area is 183 Å². The zero-order valence-corrected chi connectivity index (χ0v) is 18.7. The zero-order chi connectivity index (χ0) is 22.6. The first-order valence-corrected chi connectivity index (χ1v) is 10.9. The van der Waals surface area contributed by atoms with Crippen molar-refractivity contribution in [2.75, 3.05) is 46.4 Å². The number of carbonyl (C=O) groups is 2. The minimum absolute atomic E-state index is 0.0171. The summed E-state index contributed by atoms with van der Waals surface area (Å²) in [5.41, 5.74) is 0.728. The van der Waals surface area contributed by atoms with Crippen molar-refractivity contribution in [2.45, 2.75) is 38.8 Å². The standard InChI is InChI=1S/C22H35FN4O4/c1-4-24-14-16(2)26-21(28)27-11-6-8-18(15-27)20(17-7-5-9-19(23)13-17)31-12-10-25-22(29)30-3/h5,7,9,13,16,18,20,24H,4,6,8,10-12,14-15H2,1-3H3,(H,25,29)(H,26,28)/t16-,18+,20?/m0/s1. The predicted molar refractivity (Wildman–Crippen MR) is 116 cm³/mol. The highest BCUT2D eigenvalue weighted by atomic mass is 19.1. The number of piperidine rings is 1. The highest BCUT2D eigenvalue weighted by Gasteiger charge is 2.31. The van der Waals surface area contributed by atoms with E-state index in [-0.39, 0.29) is 43.1 Å². The molecular formula is C22H35FN4O4. The van der Waals surface area contributed by atoms with Crippen molar-refractivity contribution >= 4 is 12.1 Å². The number of hydrogen-bond acceptors (Lipinski definition) is 5. The second-order valence-corrected chi connectivity index (χ2v) is 7.77. The molecule has 0 bridgehead atoms. The molecule has 1 aromatic rings. The third kappa shape index (κ3) is 8.34. The topological polar surface area (TPSA) is 91.9 Å². The second kappa shape index (κ2) is 13.1. The number of likely N-dealkylation sites (tertiary alicyclic amines) is 1. The Morgan fingerprint density at radius 1 is 1.35 bits per heavy atom. The number of methoxy groups -OCH3 is 1. The van der Waals surface area contributed by atoms with Crippen LogP contribution in [0, 0.1) is 11.7 Å². The van der Waals surface area contributed by atoms with Gasteiger partial charge in [0, 0.05) is 38.1 Å². The average molecular weight is 439 g/mol. The van der Waals surface area contributed by atoms with Crippen molar-refractivity contribution in [1.82, 2.24) is 20.9 Å². The fourth-order valence-electron chi connectivity index (χ4n) is 3.75. The largest absolute Gasteiger partial charge is 0.453 e. The molecule has 1 fully saturated rings. The van der Waals surface area contributed by atoms with Crippen molar-refractivity contribution in [3.63, 3.8) is 0 Å². The highest BCUT2D eigenvalue weighted by Crippen LogP contribution is 2.33. The van der Waals surface area contributed by atoms with Gasteiger partial charge in [-0.2, -0.15) is 0 Å². The van der Waals surface area contributed by atoms with Crippen molar-refractivity contribution in [3.05, 3.63) is 35.6 Å². The third-order valence-corrected chi connectivity index (χ3v) is 5.28. The van der Waals surface area contributed by atoms with E-state index in [1.54, 1.807) is 11.0 Å². The van der Waals surface area contributed by atoms with E-state index in [2.05, 4.69) is 20.7 Å². The fourth-order valence-corrected chi connectivity index (χ4v) is 3.75. The molecule has 3 N–H and O–H groups in total. The van der Waals surface area contributed by atoms with Gasteiger partial charge in [-0.15, -0.1) is 0 Å². The van der Waals surface area contributed by atoms with Crippen molar-refractivity contribution < 1.29 is 23.5 Å². The number of carbonyl (C=O) groups excluding carboxylic acids is 2. The predicted octanol–water partition coefficient (Wildman–Crippen LogP) is 2.66. The number of rotatable bonds is 10. The Hall–Kier alpha value is -2.39. The first-order chi connectivity index (χ1) is 14.9. The van der Waals surface area contributed by atoms with E-state index in [1.807, 2.05) is 19.9 Å². The maximum atomic E-state index is 13.9. The number of amides is 3. The Bertz CT molecular complexity index is 706. The molecule has 0 spiro atoms. The van der Waals surface area contributed by atoms with Crippen LogP contribution < -0.4 is 16.0 Å². The molecule has 0 aromatic heterocycles. The molecule has 31 heavy (non-hydrogen) atoms. The molecule has 1 heterocycles. The van der Waals surface area contributed by atoms with Crippen molar-refractivity contribution in [2.24, 2.45) is 5.92 Å². The molecule has 0 radical (unpaired) electrons. The summed E-state index contributed by atoms with van der Waals surface area (Å²) in [6.07, 6.45) is 0.792. The first kappa shape index (κ1) is 24.9. The molecule has 174 valence electrons. The summed E-state index contributed by atoms with van der Waals surface area (Å²) in [5, 5.41) is 8.83. The fraction of sp³-hybridized carbons (Fsp3) is 0.636. The van der Waals surface area contributed by atoms with Gasteiger partial charge in [-0.3, -0.25) is 0 Å². The van der Waals surface area contributed by atoms with E-state index >= 15 is 0 Å². The van der Waals surface area contributed by atoms with Gasteiger partial charge in [-0.05, 0) is 44.0 Å². The van der Waals surface area contributed by atoms with Gasteiger partial charge in [-0.25, -0.2) is 14.0 Å². The average Bonchev–Trinajstić information content (AvgIpc) is 2.77. The Morgan fingerprint density at radius 3 is 2.87 bits per heavy atom. The number of benzene rings is 1. The molecule has 8 nitrogen and oxygen atoms in total. The van der Waals surface area contributed by atoms with E-state index in [4.69, 9.17) is 4.74 Å². The molecule has 0 saturated carbocycles. The van der Waals surface area contributed by atoms with Crippen LogP contribution in [0.1, 0.15) is 38.4 Å². The SMILES string of the molecule is CCNC[C@H](C)NC(=O)N1CCC[C@@H](C(OCCNC(=O)OC)c2cccc(F)c2)C1. The molecule has 0 aliphatic carbocycles. The summed E-state index contributed by atoms with van der Waals surface area (Å²) in [6.45, 7) is 7.27. The Morgan fingerprint density at radius 2 is 2.16 bits per heavy atom. The zero-order valence-electron chi connectivity index (χ0n) is 18.7. The monoisotopic (exact) mass is 438 g/mol. The van der Waals surface area contributed by atoms with E-state index < -0.39 is 6.09 Å². The summed E-state index contributed by atoms with van der Waals surface area (Å²) in [6, 6.07) is 6.28. The third-order valence-electron chi connectivity index (χ3n) is 5.28. The molecule has 1 aliphatic rings. The molecule has 1 aliphatic heterocycles. The number of alkyl carbamates (subject to hydrolysis) is 1. The number of hydrogen-bond donors (Lipinski definition) is 3. The minimum atomic E-state index is -0.530. The maximum Gasteiger partial charge on any atom is 0.406 e. The summed E-state index contributed by atoms with van der Waals surface area (Å²) in [7, 11) is 1.30. The second-order valence-electron chi connectivity index (χ2n) is 7.77. The van der Waals surface area contributed by atoms with E-state index in [0.717, 1.165) is 24.9 Å². The van der Waals surface area contributed by atoms with E-state index in [9.17, 15) is 14.0 Å². The lowest BCUT2D eigenvalue weighted by Crippen LogP contribution is -2.50. The van der Waals surface area contributed by atoms with E-state index in [0.29, 0.717) is 19.6 Å². The van der Waals surface area contributed by atoms with Gasteiger partial charge in [-0.1, -0.05) is 19.1 Å². The van der Waals surface area contributed by atoms with Crippen LogP contribution in [0.25, 0.3) is 0 Å². The quantitative estimate of drug-likeness (QED) is 0.489. The Balaban J connectivity index is 2.02. The van der Waals surface area contributed by atoms with Crippen LogP contribution in [0.5, 0.6) is 0 Å². The number of likely N-dealkylation sites (N-methyl/N-ethyl adjacent to an activating group) is 1. The van der Waals surface area contributed by atoms with Crippen LogP contribution in [-0.4, -0.2) is 69.5 Å². The summed E-state index contributed by atoms with van der Waals surface area (Å²) < 4.78 is 24.5. The molecular weight excluding hydrogens is 403 g/mol. The lowest BCUT2D eigenvalue weighted by molar-refractivity contribution is -0.00873. The number of halogens is 1. The molecule has 9 heteroatoms. The van der Waals surface area contributed by atoms with Gasteiger partial charge in [0.2, 0.25) is 0 Å². The van der Waals surface area contributed by atoms with Crippen LogP contribution in [0.15, 0.2) is 24.3 Å². The summed E-state index contributed by atoms with van der Waals surface area (Å²) >= 11 is 0. The smallest absolute Gasteiger partial charge is 0.406 e. The van der Waals surface area contributed by atoms with Crippen molar-refractivity contribution in [1.29, 1.82) is 0 Å². The number of urea groups is 1. The van der Waals surface area contributed by atoms with Crippen LogP contribution in [0.2, 0.25) is 0 Å². The molecule has 3 amide bonds.